The summed E-state index contributed by atoms with van der Waals surface area (Å²) in [6.07, 6.45) is 3.37. The highest BCUT2D eigenvalue weighted by molar-refractivity contribution is 5.71. The van der Waals surface area contributed by atoms with Gasteiger partial charge in [0.1, 0.15) is 11.3 Å². The molecule has 1 N–H and O–H groups in total. The highest BCUT2D eigenvalue weighted by Crippen LogP contribution is 2.15. The average molecular weight is 303 g/mol. The van der Waals surface area contributed by atoms with Gasteiger partial charge in [-0.1, -0.05) is 0 Å². The molecule has 22 heavy (non-hydrogen) atoms. The summed E-state index contributed by atoms with van der Waals surface area (Å²) in [4.78, 5) is 14.1. The first-order valence-electron chi connectivity index (χ1n) is 8.10. The van der Waals surface area contributed by atoms with Gasteiger partial charge in [0.2, 0.25) is 0 Å². The number of aromatic nitrogens is 3. The van der Waals surface area contributed by atoms with Gasteiger partial charge in [0, 0.05) is 58.5 Å². The van der Waals surface area contributed by atoms with E-state index >= 15 is 0 Å². The molecule has 0 unspecified atom stereocenters. The molecule has 0 aromatic carbocycles. The van der Waals surface area contributed by atoms with Gasteiger partial charge >= 0.3 is 0 Å². The van der Waals surface area contributed by atoms with Crippen molar-refractivity contribution in [3.63, 3.8) is 0 Å². The number of likely N-dealkylation sites (N-methyl/N-ethyl adjacent to an activating group) is 1. The molecule has 2 aromatic heterocycles. The van der Waals surface area contributed by atoms with E-state index in [0.717, 1.165) is 69.1 Å². The van der Waals surface area contributed by atoms with E-state index in [0.29, 0.717) is 0 Å². The fourth-order valence-electron chi connectivity index (χ4n) is 2.98. The zero-order valence-electron chi connectivity index (χ0n) is 13.3. The molecule has 1 saturated heterocycles. The SMILES string of the molecule is CN1CCN(CCn2c(CCCO)nc3cccnc32)CC1. The van der Waals surface area contributed by atoms with Crippen molar-refractivity contribution in [2.75, 3.05) is 46.4 Å². The molecule has 0 atom stereocenters. The van der Waals surface area contributed by atoms with Crippen LogP contribution in [0.4, 0.5) is 0 Å². The third-order valence-corrected chi connectivity index (χ3v) is 4.38. The maximum absolute atomic E-state index is 9.09. The first-order valence-corrected chi connectivity index (χ1v) is 8.10. The number of pyridine rings is 1. The molecule has 3 rings (SSSR count). The average Bonchev–Trinajstić information content (AvgIpc) is 2.90. The standard InChI is InChI=1S/C16H25N5O/c1-19-7-9-20(10-8-19)11-12-21-15(5-3-13-22)18-14-4-2-6-17-16(14)21/h2,4,6,22H,3,5,7-13H2,1H3. The van der Waals surface area contributed by atoms with Crippen molar-refractivity contribution >= 4 is 11.2 Å². The number of hydrogen-bond acceptors (Lipinski definition) is 5. The molecule has 0 spiro atoms. The molecule has 6 heteroatoms. The van der Waals surface area contributed by atoms with Crippen LogP contribution in [0.5, 0.6) is 0 Å². The topological polar surface area (TPSA) is 57.4 Å². The maximum Gasteiger partial charge on any atom is 0.160 e. The van der Waals surface area contributed by atoms with Crippen LogP contribution in [0, 0.1) is 0 Å². The Morgan fingerprint density at radius 2 is 2.00 bits per heavy atom. The second kappa shape index (κ2) is 7.17. The number of imidazole rings is 1. The maximum atomic E-state index is 9.09. The fourth-order valence-corrected chi connectivity index (χ4v) is 2.98. The van der Waals surface area contributed by atoms with Crippen LogP contribution in [0.25, 0.3) is 11.2 Å². The van der Waals surface area contributed by atoms with Gasteiger partial charge in [-0.3, -0.25) is 4.90 Å². The van der Waals surface area contributed by atoms with Crippen LogP contribution in [0.15, 0.2) is 18.3 Å². The van der Waals surface area contributed by atoms with E-state index < -0.39 is 0 Å². The summed E-state index contributed by atoms with van der Waals surface area (Å²) in [7, 11) is 2.18. The van der Waals surface area contributed by atoms with Crippen LogP contribution >= 0.6 is 0 Å². The minimum Gasteiger partial charge on any atom is -0.396 e. The number of nitrogens with zero attached hydrogens (tertiary/aromatic N) is 5. The highest BCUT2D eigenvalue weighted by atomic mass is 16.2. The number of aliphatic hydroxyl groups excluding tert-OH is 1. The second-order valence-corrected chi connectivity index (χ2v) is 6.00. The molecule has 1 aliphatic rings. The Kier molecular flexibility index (Phi) is 5.02. The van der Waals surface area contributed by atoms with Crippen LogP contribution < -0.4 is 0 Å². The van der Waals surface area contributed by atoms with E-state index in [1.807, 2.05) is 18.3 Å². The summed E-state index contributed by atoms with van der Waals surface area (Å²) in [5, 5.41) is 9.09. The van der Waals surface area contributed by atoms with Crippen molar-refractivity contribution in [2.45, 2.75) is 19.4 Å². The van der Waals surface area contributed by atoms with Gasteiger partial charge in [0.15, 0.2) is 5.65 Å². The van der Waals surface area contributed by atoms with E-state index in [-0.39, 0.29) is 6.61 Å². The number of rotatable bonds is 6. The Balaban J connectivity index is 1.73. The van der Waals surface area contributed by atoms with Gasteiger partial charge in [-0.15, -0.1) is 0 Å². The first-order chi connectivity index (χ1) is 10.8. The summed E-state index contributed by atoms with van der Waals surface area (Å²) in [6, 6.07) is 3.94. The van der Waals surface area contributed by atoms with Crippen LogP contribution in [-0.4, -0.2) is 75.8 Å². The molecular weight excluding hydrogens is 278 g/mol. The van der Waals surface area contributed by atoms with Crippen LogP contribution in [-0.2, 0) is 13.0 Å². The Morgan fingerprint density at radius 1 is 1.18 bits per heavy atom. The lowest BCUT2D eigenvalue weighted by atomic mass is 10.3. The van der Waals surface area contributed by atoms with Gasteiger partial charge in [0.05, 0.1) is 0 Å². The normalized spacial score (nSPS) is 17.4. The lowest BCUT2D eigenvalue weighted by Gasteiger charge is -2.32. The molecule has 2 aromatic rings. The molecule has 0 aliphatic carbocycles. The van der Waals surface area contributed by atoms with Crippen molar-refractivity contribution in [3.8, 4) is 0 Å². The quantitative estimate of drug-likeness (QED) is 0.847. The minimum absolute atomic E-state index is 0.203. The molecule has 0 bridgehead atoms. The van der Waals surface area contributed by atoms with Gasteiger partial charge < -0.3 is 14.6 Å². The summed E-state index contributed by atoms with van der Waals surface area (Å²) < 4.78 is 2.23. The molecule has 1 fully saturated rings. The van der Waals surface area contributed by atoms with E-state index in [4.69, 9.17) is 5.11 Å². The molecule has 3 heterocycles. The van der Waals surface area contributed by atoms with Gasteiger partial charge in [-0.05, 0) is 25.6 Å². The largest absolute Gasteiger partial charge is 0.396 e. The summed E-state index contributed by atoms with van der Waals surface area (Å²) >= 11 is 0. The predicted octanol–water partition coefficient (Wildman–Crippen LogP) is 0.604. The van der Waals surface area contributed by atoms with E-state index in [1.165, 1.54) is 0 Å². The molecule has 0 radical (unpaired) electrons. The van der Waals surface area contributed by atoms with Crippen molar-refractivity contribution in [2.24, 2.45) is 0 Å². The number of aliphatic hydroxyl groups is 1. The molecular formula is C16H25N5O. The predicted molar refractivity (Wildman–Crippen MR) is 86.9 cm³/mol. The summed E-state index contributed by atoms with van der Waals surface area (Å²) in [6.45, 7) is 6.68. The minimum atomic E-state index is 0.203. The van der Waals surface area contributed by atoms with E-state index in [9.17, 15) is 0 Å². The third kappa shape index (κ3) is 3.45. The molecule has 0 amide bonds. The summed E-state index contributed by atoms with van der Waals surface area (Å²) in [5.74, 6) is 1.04. The lowest BCUT2D eigenvalue weighted by Crippen LogP contribution is -2.45. The van der Waals surface area contributed by atoms with Gasteiger partial charge in [-0.25, -0.2) is 9.97 Å². The van der Waals surface area contributed by atoms with Crippen LogP contribution in [0.3, 0.4) is 0 Å². The molecule has 120 valence electrons. The Hall–Kier alpha value is -1.50. The van der Waals surface area contributed by atoms with Crippen LogP contribution in [0.1, 0.15) is 12.2 Å². The summed E-state index contributed by atoms with van der Waals surface area (Å²) in [5.41, 5.74) is 1.92. The Morgan fingerprint density at radius 3 is 2.77 bits per heavy atom. The number of fused-ring (bicyclic) bond motifs is 1. The van der Waals surface area contributed by atoms with Crippen LogP contribution in [0.2, 0.25) is 0 Å². The lowest BCUT2D eigenvalue weighted by molar-refractivity contribution is 0.150. The zero-order chi connectivity index (χ0) is 15.4. The third-order valence-electron chi connectivity index (χ3n) is 4.38. The Bertz CT molecular complexity index is 604. The zero-order valence-corrected chi connectivity index (χ0v) is 13.3. The van der Waals surface area contributed by atoms with Crippen molar-refractivity contribution in [3.05, 3.63) is 24.2 Å². The van der Waals surface area contributed by atoms with E-state index in [1.54, 1.807) is 0 Å². The van der Waals surface area contributed by atoms with Gasteiger partial charge in [-0.2, -0.15) is 0 Å². The van der Waals surface area contributed by atoms with Crippen molar-refractivity contribution in [1.29, 1.82) is 0 Å². The molecule has 6 nitrogen and oxygen atoms in total. The smallest absolute Gasteiger partial charge is 0.160 e. The number of hydrogen-bond donors (Lipinski definition) is 1. The monoisotopic (exact) mass is 303 g/mol. The van der Waals surface area contributed by atoms with Crippen molar-refractivity contribution in [1.82, 2.24) is 24.3 Å². The second-order valence-electron chi connectivity index (χ2n) is 6.00. The first kappa shape index (κ1) is 15.4. The number of aryl methyl sites for hydroxylation is 1. The fraction of sp³-hybridized carbons (Fsp3) is 0.625. The van der Waals surface area contributed by atoms with E-state index in [2.05, 4.69) is 31.4 Å². The number of piperazine rings is 1. The Labute approximate surface area is 131 Å². The van der Waals surface area contributed by atoms with Gasteiger partial charge in [0.25, 0.3) is 0 Å². The van der Waals surface area contributed by atoms with Crippen molar-refractivity contribution < 1.29 is 5.11 Å². The molecule has 0 saturated carbocycles. The molecule has 1 aliphatic heterocycles. The highest BCUT2D eigenvalue weighted by Gasteiger charge is 2.16.